The van der Waals surface area contributed by atoms with Crippen molar-refractivity contribution in [3.8, 4) is 0 Å². The normalized spacial score (nSPS) is 24.1. The predicted molar refractivity (Wildman–Crippen MR) is 79.8 cm³/mol. The van der Waals surface area contributed by atoms with Crippen LogP contribution in [-0.2, 0) is 0 Å². The molecule has 4 rings (SSSR count). The number of aromatic nitrogens is 1. The summed E-state index contributed by atoms with van der Waals surface area (Å²) in [4.78, 5) is 8.56. The van der Waals surface area contributed by atoms with Gasteiger partial charge in [0, 0.05) is 48.5 Å². The molecular formula is C16H21N3. The molecule has 3 heteroatoms. The van der Waals surface area contributed by atoms with Gasteiger partial charge in [-0.1, -0.05) is 0 Å². The van der Waals surface area contributed by atoms with Crippen molar-refractivity contribution in [3.05, 3.63) is 30.0 Å². The number of fused-ring (bicyclic) bond motifs is 2. The Kier molecular flexibility index (Phi) is 2.55. The number of hydrogen-bond donors (Lipinski definition) is 1. The van der Waals surface area contributed by atoms with Crippen LogP contribution in [0, 0.1) is 6.92 Å². The Morgan fingerprint density at radius 3 is 3.11 bits per heavy atom. The lowest BCUT2D eigenvalue weighted by Gasteiger charge is -2.38. The molecule has 2 saturated heterocycles. The smallest absolute Gasteiger partial charge is 0.0458 e. The maximum absolute atomic E-state index is 3.33. The van der Waals surface area contributed by atoms with Gasteiger partial charge in [-0.3, -0.25) is 4.90 Å². The zero-order chi connectivity index (χ0) is 12.8. The van der Waals surface area contributed by atoms with Gasteiger partial charge >= 0.3 is 0 Å². The van der Waals surface area contributed by atoms with Gasteiger partial charge in [0.05, 0.1) is 0 Å². The van der Waals surface area contributed by atoms with Gasteiger partial charge in [0.1, 0.15) is 0 Å². The minimum Gasteiger partial charge on any atom is -0.369 e. The van der Waals surface area contributed by atoms with Crippen LogP contribution in [0.5, 0.6) is 0 Å². The van der Waals surface area contributed by atoms with E-state index in [2.05, 4.69) is 46.1 Å². The summed E-state index contributed by atoms with van der Waals surface area (Å²) >= 11 is 0. The number of rotatable bonds is 1. The second kappa shape index (κ2) is 4.27. The highest BCUT2D eigenvalue weighted by Crippen LogP contribution is 2.28. The predicted octanol–water partition coefficient (Wildman–Crippen LogP) is 2.76. The Bertz CT molecular complexity index is 601. The topological polar surface area (TPSA) is 22.3 Å². The fraction of sp³-hybridized carbons (Fsp3) is 0.500. The average Bonchev–Trinajstić information content (AvgIpc) is 3.05. The van der Waals surface area contributed by atoms with Crippen LogP contribution in [0.3, 0.4) is 0 Å². The highest BCUT2D eigenvalue weighted by Gasteiger charge is 2.30. The number of anilines is 1. The van der Waals surface area contributed by atoms with E-state index in [1.807, 2.05) is 0 Å². The number of hydrogen-bond acceptors (Lipinski definition) is 2. The lowest BCUT2D eigenvalue weighted by molar-refractivity contribution is 0.231. The van der Waals surface area contributed by atoms with Gasteiger partial charge in [0.15, 0.2) is 0 Å². The summed E-state index contributed by atoms with van der Waals surface area (Å²) in [6, 6.07) is 7.63. The molecule has 0 aliphatic carbocycles. The van der Waals surface area contributed by atoms with Crippen LogP contribution in [0.15, 0.2) is 24.4 Å². The van der Waals surface area contributed by atoms with E-state index in [0.717, 1.165) is 6.04 Å². The van der Waals surface area contributed by atoms with Gasteiger partial charge in [-0.25, -0.2) is 0 Å². The first kappa shape index (κ1) is 11.4. The fourth-order valence-corrected chi connectivity index (χ4v) is 3.67. The second-order valence-electron chi connectivity index (χ2n) is 5.98. The van der Waals surface area contributed by atoms with Gasteiger partial charge < -0.3 is 9.88 Å². The van der Waals surface area contributed by atoms with Crippen LogP contribution in [0.2, 0.25) is 0 Å². The summed E-state index contributed by atoms with van der Waals surface area (Å²) in [7, 11) is 0. The van der Waals surface area contributed by atoms with E-state index in [-0.39, 0.29) is 0 Å². The number of nitrogens with zero attached hydrogens (tertiary/aromatic N) is 2. The Balaban J connectivity index is 1.64. The molecule has 1 aromatic carbocycles. The maximum Gasteiger partial charge on any atom is 0.0458 e. The molecule has 1 unspecified atom stereocenters. The van der Waals surface area contributed by atoms with E-state index in [1.54, 1.807) is 0 Å². The second-order valence-corrected chi connectivity index (χ2v) is 5.98. The first-order valence-electron chi connectivity index (χ1n) is 7.38. The van der Waals surface area contributed by atoms with Crippen molar-refractivity contribution in [2.24, 2.45) is 0 Å². The Morgan fingerprint density at radius 1 is 1.21 bits per heavy atom. The zero-order valence-electron chi connectivity index (χ0n) is 11.5. The molecule has 2 fully saturated rings. The molecule has 3 heterocycles. The number of piperazine rings is 1. The molecule has 100 valence electrons. The molecule has 0 radical (unpaired) electrons. The van der Waals surface area contributed by atoms with Crippen molar-refractivity contribution in [2.75, 3.05) is 31.1 Å². The lowest BCUT2D eigenvalue weighted by atomic mass is 10.1. The summed E-state index contributed by atoms with van der Waals surface area (Å²) in [6.07, 6.45) is 4.86. The van der Waals surface area contributed by atoms with E-state index in [4.69, 9.17) is 0 Å². The average molecular weight is 255 g/mol. The van der Waals surface area contributed by atoms with Gasteiger partial charge in [-0.05, 0) is 50.1 Å². The molecule has 1 aromatic heterocycles. The van der Waals surface area contributed by atoms with Crippen molar-refractivity contribution in [2.45, 2.75) is 25.8 Å². The van der Waals surface area contributed by atoms with Crippen molar-refractivity contribution >= 4 is 16.6 Å². The molecule has 0 saturated carbocycles. The quantitative estimate of drug-likeness (QED) is 0.846. The Hall–Kier alpha value is -1.48. The molecule has 3 nitrogen and oxygen atoms in total. The molecule has 0 amide bonds. The molecule has 1 atom stereocenters. The third-order valence-electron chi connectivity index (χ3n) is 4.82. The summed E-state index contributed by atoms with van der Waals surface area (Å²) in [5.41, 5.74) is 3.99. The van der Waals surface area contributed by atoms with Gasteiger partial charge in [0.25, 0.3) is 0 Å². The third kappa shape index (κ3) is 1.84. The molecule has 2 aliphatic rings. The number of nitrogens with one attached hydrogen (secondary N) is 1. The zero-order valence-corrected chi connectivity index (χ0v) is 11.5. The highest BCUT2D eigenvalue weighted by atomic mass is 15.3. The van der Waals surface area contributed by atoms with Crippen molar-refractivity contribution < 1.29 is 0 Å². The molecule has 2 aromatic rings. The van der Waals surface area contributed by atoms with E-state index >= 15 is 0 Å². The summed E-state index contributed by atoms with van der Waals surface area (Å²) in [6.45, 7) is 7.10. The third-order valence-corrected chi connectivity index (χ3v) is 4.82. The number of aromatic amines is 1. The van der Waals surface area contributed by atoms with Crippen LogP contribution < -0.4 is 4.90 Å². The molecule has 19 heavy (non-hydrogen) atoms. The van der Waals surface area contributed by atoms with Crippen LogP contribution >= 0.6 is 0 Å². The number of benzene rings is 1. The molecule has 0 spiro atoms. The number of aryl methyl sites for hydroxylation is 1. The molecule has 1 N–H and O–H groups in total. The SMILES string of the molecule is Cc1c[nH]c2ccc(N3CCN4CCCC4C3)cc12. The van der Waals surface area contributed by atoms with Crippen molar-refractivity contribution in [3.63, 3.8) is 0 Å². The van der Waals surface area contributed by atoms with Gasteiger partial charge in [0.2, 0.25) is 0 Å². The van der Waals surface area contributed by atoms with Gasteiger partial charge in [-0.15, -0.1) is 0 Å². The minimum atomic E-state index is 0.789. The lowest BCUT2D eigenvalue weighted by Crippen LogP contribution is -2.50. The minimum absolute atomic E-state index is 0.789. The first-order valence-corrected chi connectivity index (χ1v) is 7.38. The van der Waals surface area contributed by atoms with E-state index in [0.29, 0.717) is 0 Å². The van der Waals surface area contributed by atoms with Crippen LogP contribution in [0.1, 0.15) is 18.4 Å². The summed E-state index contributed by atoms with van der Waals surface area (Å²) < 4.78 is 0. The van der Waals surface area contributed by atoms with Crippen molar-refractivity contribution in [1.29, 1.82) is 0 Å². The maximum atomic E-state index is 3.33. The Labute approximate surface area is 114 Å². The van der Waals surface area contributed by atoms with E-state index in [1.165, 1.54) is 61.2 Å². The molecular weight excluding hydrogens is 234 g/mol. The molecule has 2 aliphatic heterocycles. The van der Waals surface area contributed by atoms with Crippen LogP contribution in [0.4, 0.5) is 5.69 Å². The summed E-state index contributed by atoms with van der Waals surface area (Å²) in [5.74, 6) is 0. The van der Waals surface area contributed by atoms with E-state index in [9.17, 15) is 0 Å². The highest BCUT2D eigenvalue weighted by molar-refractivity contribution is 5.86. The van der Waals surface area contributed by atoms with E-state index < -0.39 is 0 Å². The fourth-order valence-electron chi connectivity index (χ4n) is 3.67. The first-order chi connectivity index (χ1) is 9.31. The van der Waals surface area contributed by atoms with Crippen molar-refractivity contribution in [1.82, 2.24) is 9.88 Å². The Morgan fingerprint density at radius 2 is 2.16 bits per heavy atom. The van der Waals surface area contributed by atoms with Crippen LogP contribution in [-0.4, -0.2) is 42.1 Å². The van der Waals surface area contributed by atoms with Gasteiger partial charge in [-0.2, -0.15) is 0 Å². The summed E-state index contributed by atoms with van der Waals surface area (Å²) in [5, 5.41) is 1.37. The largest absolute Gasteiger partial charge is 0.369 e. The standard InChI is InChI=1S/C16H21N3/c1-12-10-17-16-5-4-13(9-15(12)16)19-8-7-18-6-2-3-14(18)11-19/h4-5,9-10,14,17H,2-3,6-8,11H2,1H3. The molecule has 0 bridgehead atoms. The van der Waals surface area contributed by atoms with Crippen LogP contribution in [0.25, 0.3) is 10.9 Å². The number of H-pyrrole nitrogens is 1. The monoisotopic (exact) mass is 255 g/mol.